The highest BCUT2D eigenvalue weighted by molar-refractivity contribution is 9.12. The van der Waals surface area contributed by atoms with E-state index in [2.05, 4.69) is 31.9 Å². The first-order valence-corrected chi connectivity index (χ1v) is 9.71. The second-order valence-corrected chi connectivity index (χ2v) is 7.47. The van der Waals surface area contributed by atoms with Gasteiger partial charge in [-0.2, -0.15) is 0 Å². The van der Waals surface area contributed by atoms with E-state index >= 15 is 0 Å². The number of rotatable bonds is 5. The second kappa shape index (κ2) is 8.47. The van der Waals surface area contributed by atoms with Gasteiger partial charge < -0.3 is 4.90 Å². The molecule has 0 aromatic heterocycles. The molecule has 0 atom stereocenters. The van der Waals surface area contributed by atoms with Crippen molar-refractivity contribution in [2.45, 2.75) is 0 Å². The summed E-state index contributed by atoms with van der Waals surface area (Å²) in [6, 6.07) is 27.2. The van der Waals surface area contributed by atoms with E-state index in [1.165, 1.54) is 0 Å². The summed E-state index contributed by atoms with van der Waals surface area (Å²) in [6.45, 7) is 0. The molecule has 0 aliphatic rings. The van der Waals surface area contributed by atoms with Gasteiger partial charge in [-0.3, -0.25) is 4.79 Å². The SMILES string of the molecule is CN(/C(=C(/Br)C(=O)c1ccccc1)c1ccccc1)c1ccc(Br)cc1. The van der Waals surface area contributed by atoms with E-state index in [0.29, 0.717) is 10.0 Å². The van der Waals surface area contributed by atoms with Crippen molar-refractivity contribution in [3.05, 3.63) is 105 Å². The predicted octanol–water partition coefficient (Wildman–Crippen LogP) is 6.53. The van der Waals surface area contributed by atoms with Crippen molar-refractivity contribution in [3.63, 3.8) is 0 Å². The van der Waals surface area contributed by atoms with Gasteiger partial charge in [0.15, 0.2) is 0 Å². The molecule has 0 N–H and O–H groups in total. The van der Waals surface area contributed by atoms with Gasteiger partial charge in [-0.1, -0.05) is 76.6 Å². The Balaban J connectivity index is 2.11. The Hall–Kier alpha value is -2.17. The summed E-state index contributed by atoms with van der Waals surface area (Å²) in [5.41, 5.74) is 3.43. The predicted molar refractivity (Wildman–Crippen MR) is 116 cm³/mol. The lowest BCUT2D eigenvalue weighted by Gasteiger charge is -2.25. The third-order valence-electron chi connectivity index (χ3n) is 4.04. The summed E-state index contributed by atoms with van der Waals surface area (Å²) in [5, 5.41) is 0. The maximum Gasteiger partial charge on any atom is 0.202 e. The minimum absolute atomic E-state index is 0.0478. The van der Waals surface area contributed by atoms with Gasteiger partial charge in [-0.15, -0.1) is 0 Å². The maximum absolute atomic E-state index is 13.0. The molecule has 2 nitrogen and oxygen atoms in total. The number of hydrogen-bond donors (Lipinski definition) is 0. The van der Waals surface area contributed by atoms with Crippen LogP contribution in [0, 0.1) is 0 Å². The molecule has 0 saturated heterocycles. The highest BCUT2D eigenvalue weighted by Crippen LogP contribution is 2.32. The first kappa shape index (κ1) is 18.6. The Labute approximate surface area is 170 Å². The van der Waals surface area contributed by atoms with E-state index in [-0.39, 0.29) is 5.78 Å². The van der Waals surface area contributed by atoms with Crippen molar-refractivity contribution in [1.82, 2.24) is 0 Å². The Bertz CT molecular complexity index is 919. The Morgan fingerprint density at radius 2 is 1.27 bits per heavy atom. The number of halogens is 2. The van der Waals surface area contributed by atoms with Gasteiger partial charge in [0.1, 0.15) is 0 Å². The van der Waals surface area contributed by atoms with Crippen molar-refractivity contribution < 1.29 is 4.79 Å². The van der Waals surface area contributed by atoms with Crippen LogP contribution < -0.4 is 4.90 Å². The van der Waals surface area contributed by atoms with Gasteiger partial charge in [-0.05, 0) is 45.8 Å². The van der Waals surface area contributed by atoms with Gasteiger partial charge in [0.05, 0.1) is 10.2 Å². The fourth-order valence-corrected chi connectivity index (χ4v) is 3.67. The first-order valence-electron chi connectivity index (χ1n) is 8.12. The number of ketones is 1. The fraction of sp³-hybridized carbons (Fsp3) is 0.0455. The van der Waals surface area contributed by atoms with E-state index in [1.807, 2.05) is 96.9 Å². The molecule has 3 rings (SSSR count). The third-order valence-corrected chi connectivity index (χ3v) is 5.30. The lowest BCUT2D eigenvalue weighted by molar-refractivity contribution is 0.104. The quantitative estimate of drug-likeness (QED) is 0.312. The van der Waals surface area contributed by atoms with Crippen molar-refractivity contribution in [1.29, 1.82) is 0 Å². The number of nitrogens with zero attached hydrogens (tertiary/aromatic N) is 1. The molecule has 0 spiro atoms. The minimum Gasteiger partial charge on any atom is -0.343 e. The summed E-state index contributed by atoms with van der Waals surface area (Å²) in [6.07, 6.45) is 0. The van der Waals surface area contributed by atoms with Crippen molar-refractivity contribution in [2.24, 2.45) is 0 Å². The molecular formula is C22H17Br2NO. The average molecular weight is 471 g/mol. The smallest absolute Gasteiger partial charge is 0.202 e. The van der Waals surface area contributed by atoms with E-state index in [9.17, 15) is 4.79 Å². The van der Waals surface area contributed by atoms with Crippen LogP contribution in [0.1, 0.15) is 15.9 Å². The molecule has 0 saturated carbocycles. The van der Waals surface area contributed by atoms with Gasteiger partial charge in [0, 0.05) is 22.8 Å². The molecule has 3 aromatic rings. The number of hydrogen-bond acceptors (Lipinski definition) is 2. The lowest BCUT2D eigenvalue weighted by Crippen LogP contribution is -2.18. The zero-order valence-electron chi connectivity index (χ0n) is 14.2. The highest BCUT2D eigenvalue weighted by Gasteiger charge is 2.20. The van der Waals surface area contributed by atoms with E-state index in [1.54, 1.807) is 0 Å². The van der Waals surface area contributed by atoms with Crippen LogP contribution in [0.2, 0.25) is 0 Å². The summed E-state index contributed by atoms with van der Waals surface area (Å²) < 4.78 is 1.54. The number of carbonyl (C=O) groups is 1. The molecule has 0 fully saturated rings. The zero-order valence-corrected chi connectivity index (χ0v) is 17.4. The molecule has 0 aliphatic heterocycles. The molecule has 3 aromatic carbocycles. The minimum atomic E-state index is -0.0478. The second-order valence-electron chi connectivity index (χ2n) is 5.76. The van der Waals surface area contributed by atoms with Crippen LogP contribution in [-0.4, -0.2) is 12.8 Å². The molecular weight excluding hydrogens is 454 g/mol. The standard InChI is InChI=1S/C22H17Br2NO/c1-25(19-14-12-18(23)13-15-19)21(16-8-4-2-5-9-16)20(24)22(26)17-10-6-3-7-11-17/h2-15H,1H3/b21-20+. The first-order chi connectivity index (χ1) is 12.6. The van der Waals surface area contributed by atoms with E-state index in [0.717, 1.165) is 21.4 Å². The van der Waals surface area contributed by atoms with Crippen LogP contribution in [0.4, 0.5) is 5.69 Å². The van der Waals surface area contributed by atoms with Crippen LogP contribution in [-0.2, 0) is 0 Å². The third kappa shape index (κ3) is 4.14. The van der Waals surface area contributed by atoms with E-state index in [4.69, 9.17) is 0 Å². The summed E-state index contributed by atoms with van der Waals surface area (Å²) >= 11 is 7.04. The number of carbonyl (C=O) groups excluding carboxylic acids is 1. The molecule has 0 bridgehead atoms. The van der Waals surface area contributed by atoms with Crippen LogP contribution >= 0.6 is 31.9 Å². The zero-order chi connectivity index (χ0) is 18.5. The molecule has 0 heterocycles. The Kier molecular flexibility index (Phi) is 6.07. The molecule has 26 heavy (non-hydrogen) atoms. The largest absolute Gasteiger partial charge is 0.343 e. The lowest BCUT2D eigenvalue weighted by atomic mass is 10.1. The van der Waals surface area contributed by atoms with Gasteiger partial charge >= 0.3 is 0 Å². The van der Waals surface area contributed by atoms with Crippen LogP contribution in [0.3, 0.4) is 0 Å². The molecule has 4 heteroatoms. The summed E-state index contributed by atoms with van der Waals surface area (Å²) in [4.78, 5) is 15.0. The van der Waals surface area contributed by atoms with Crippen LogP contribution in [0.5, 0.6) is 0 Å². The molecule has 0 radical (unpaired) electrons. The van der Waals surface area contributed by atoms with Gasteiger partial charge in [-0.25, -0.2) is 0 Å². The Morgan fingerprint density at radius 1 is 0.769 bits per heavy atom. The number of allylic oxidation sites excluding steroid dienone is 1. The monoisotopic (exact) mass is 469 g/mol. The van der Waals surface area contributed by atoms with Crippen LogP contribution in [0.15, 0.2) is 93.9 Å². The molecule has 0 unspecified atom stereocenters. The highest BCUT2D eigenvalue weighted by atomic mass is 79.9. The maximum atomic E-state index is 13.0. The molecule has 0 aliphatic carbocycles. The van der Waals surface area contributed by atoms with Crippen molar-refractivity contribution in [2.75, 3.05) is 11.9 Å². The van der Waals surface area contributed by atoms with Crippen LogP contribution in [0.25, 0.3) is 5.70 Å². The van der Waals surface area contributed by atoms with Gasteiger partial charge in [0.2, 0.25) is 5.78 Å². The molecule has 0 amide bonds. The van der Waals surface area contributed by atoms with Gasteiger partial charge in [0.25, 0.3) is 0 Å². The summed E-state index contributed by atoms with van der Waals surface area (Å²) in [5.74, 6) is -0.0478. The fourth-order valence-electron chi connectivity index (χ4n) is 2.68. The summed E-state index contributed by atoms with van der Waals surface area (Å²) in [7, 11) is 1.96. The van der Waals surface area contributed by atoms with Crippen molar-refractivity contribution >= 4 is 49.0 Å². The Morgan fingerprint density at radius 3 is 1.81 bits per heavy atom. The topological polar surface area (TPSA) is 20.3 Å². The number of benzene rings is 3. The van der Waals surface area contributed by atoms with Crippen molar-refractivity contribution in [3.8, 4) is 0 Å². The average Bonchev–Trinajstić information content (AvgIpc) is 2.69. The number of Topliss-reactive ketones (excluding diaryl/α,β-unsaturated/α-hetero) is 1. The molecule has 130 valence electrons. The van der Waals surface area contributed by atoms with E-state index < -0.39 is 0 Å². The number of anilines is 1. The normalized spacial score (nSPS) is 11.7.